The molecule has 0 bridgehead atoms. The zero-order valence-electron chi connectivity index (χ0n) is 10.2. The average molecular weight is 237 g/mol. The molecule has 0 unspecified atom stereocenters. The van der Waals surface area contributed by atoms with E-state index in [0.29, 0.717) is 30.5 Å². The van der Waals surface area contributed by atoms with E-state index in [-0.39, 0.29) is 5.91 Å². The molecule has 1 aliphatic rings. The van der Waals surface area contributed by atoms with Crippen molar-refractivity contribution in [3.05, 3.63) is 17.8 Å². The Labute approximate surface area is 101 Å². The standard InChI is InChI=1S/C12H19N3O2/c1-9-3-6-15(7-4-9)12(16)10-8-14-11(17-10)2-5-13/h8-9H,2-7,13H2,1H3. The maximum Gasteiger partial charge on any atom is 0.291 e. The van der Waals surface area contributed by atoms with Crippen LogP contribution in [0.3, 0.4) is 0 Å². The maximum absolute atomic E-state index is 12.1. The van der Waals surface area contributed by atoms with Gasteiger partial charge in [0.15, 0.2) is 5.89 Å². The van der Waals surface area contributed by atoms with Gasteiger partial charge in [0, 0.05) is 26.1 Å². The van der Waals surface area contributed by atoms with Crippen molar-refractivity contribution < 1.29 is 9.21 Å². The molecular weight excluding hydrogens is 218 g/mol. The number of nitrogens with two attached hydrogens (primary N) is 1. The van der Waals surface area contributed by atoms with Crippen molar-refractivity contribution in [1.82, 2.24) is 9.88 Å². The zero-order chi connectivity index (χ0) is 12.3. The molecule has 1 aromatic heterocycles. The van der Waals surface area contributed by atoms with Gasteiger partial charge < -0.3 is 15.1 Å². The van der Waals surface area contributed by atoms with Crippen LogP contribution in [0.4, 0.5) is 0 Å². The summed E-state index contributed by atoms with van der Waals surface area (Å²) in [5, 5.41) is 0. The van der Waals surface area contributed by atoms with E-state index in [1.807, 2.05) is 4.90 Å². The lowest BCUT2D eigenvalue weighted by atomic mass is 9.99. The summed E-state index contributed by atoms with van der Waals surface area (Å²) in [6.07, 6.45) is 4.21. The van der Waals surface area contributed by atoms with Gasteiger partial charge in [0.05, 0.1) is 6.20 Å². The molecule has 17 heavy (non-hydrogen) atoms. The SMILES string of the molecule is CC1CCN(C(=O)c2cnc(CCN)o2)CC1. The van der Waals surface area contributed by atoms with Crippen molar-refractivity contribution in [2.24, 2.45) is 11.7 Å². The Bertz CT molecular complexity index is 381. The van der Waals surface area contributed by atoms with Crippen LogP contribution in [0.25, 0.3) is 0 Å². The fourth-order valence-corrected chi connectivity index (χ4v) is 2.02. The fourth-order valence-electron chi connectivity index (χ4n) is 2.02. The van der Waals surface area contributed by atoms with E-state index in [1.54, 1.807) is 0 Å². The number of piperidine rings is 1. The normalized spacial score (nSPS) is 17.4. The van der Waals surface area contributed by atoms with E-state index < -0.39 is 0 Å². The highest BCUT2D eigenvalue weighted by Crippen LogP contribution is 2.18. The molecule has 1 aliphatic heterocycles. The predicted molar refractivity (Wildman–Crippen MR) is 63.6 cm³/mol. The van der Waals surface area contributed by atoms with Crippen molar-refractivity contribution in [3.63, 3.8) is 0 Å². The summed E-state index contributed by atoms with van der Waals surface area (Å²) in [6, 6.07) is 0. The molecule has 94 valence electrons. The van der Waals surface area contributed by atoms with Crippen molar-refractivity contribution in [3.8, 4) is 0 Å². The van der Waals surface area contributed by atoms with Crippen LogP contribution >= 0.6 is 0 Å². The predicted octanol–water partition coefficient (Wildman–Crippen LogP) is 1.05. The van der Waals surface area contributed by atoms with Gasteiger partial charge in [-0.15, -0.1) is 0 Å². The third kappa shape index (κ3) is 2.85. The maximum atomic E-state index is 12.1. The number of nitrogens with zero attached hydrogens (tertiary/aromatic N) is 2. The molecule has 0 aromatic carbocycles. The van der Waals surface area contributed by atoms with Crippen LogP contribution in [0.1, 0.15) is 36.2 Å². The second-order valence-electron chi connectivity index (χ2n) is 4.63. The van der Waals surface area contributed by atoms with Crippen molar-refractivity contribution >= 4 is 5.91 Å². The van der Waals surface area contributed by atoms with Crippen LogP contribution in [0, 0.1) is 5.92 Å². The van der Waals surface area contributed by atoms with Gasteiger partial charge in [-0.25, -0.2) is 4.98 Å². The highest BCUT2D eigenvalue weighted by Gasteiger charge is 2.23. The molecule has 2 N–H and O–H groups in total. The summed E-state index contributed by atoms with van der Waals surface area (Å²) in [4.78, 5) is 18.0. The summed E-state index contributed by atoms with van der Waals surface area (Å²) >= 11 is 0. The minimum absolute atomic E-state index is 0.0485. The molecule has 5 heteroatoms. The lowest BCUT2D eigenvalue weighted by Crippen LogP contribution is -2.37. The third-order valence-corrected chi connectivity index (χ3v) is 3.19. The lowest BCUT2D eigenvalue weighted by Gasteiger charge is -2.29. The van der Waals surface area contributed by atoms with Gasteiger partial charge in [-0.1, -0.05) is 6.92 Å². The molecule has 0 saturated carbocycles. The van der Waals surface area contributed by atoms with E-state index in [1.165, 1.54) is 6.20 Å². The van der Waals surface area contributed by atoms with Crippen LogP contribution < -0.4 is 5.73 Å². The number of amides is 1. The highest BCUT2D eigenvalue weighted by molar-refractivity contribution is 5.91. The number of carbonyl (C=O) groups excluding carboxylic acids is 1. The molecule has 0 radical (unpaired) electrons. The molecule has 0 spiro atoms. The smallest absolute Gasteiger partial charge is 0.291 e. The number of carbonyl (C=O) groups is 1. The van der Waals surface area contributed by atoms with Crippen LogP contribution in [0.5, 0.6) is 0 Å². The summed E-state index contributed by atoms with van der Waals surface area (Å²) in [5.74, 6) is 1.54. The van der Waals surface area contributed by atoms with Crippen molar-refractivity contribution in [2.45, 2.75) is 26.2 Å². The first-order valence-corrected chi connectivity index (χ1v) is 6.14. The minimum atomic E-state index is -0.0485. The first kappa shape index (κ1) is 12.1. The largest absolute Gasteiger partial charge is 0.435 e. The Hall–Kier alpha value is -1.36. The Balaban J connectivity index is 1.98. The van der Waals surface area contributed by atoms with Crippen LogP contribution in [-0.4, -0.2) is 35.4 Å². The minimum Gasteiger partial charge on any atom is -0.435 e. The van der Waals surface area contributed by atoms with Gasteiger partial charge in [0.25, 0.3) is 5.91 Å². The number of hydrogen-bond donors (Lipinski definition) is 1. The number of hydrogen-bond acceptors (Lipinski definition) is 4. The quantitative estimate of drug-likeness (QED) is 0.852. The van der Waals surface area contributed by atoms with Gasteiger partial charge in [-0.2, -0.15) is 0 Å². The molecule has 0 aliphatic carbocycles. The van der Waals surface area contributed by atoms with E-state index >= 15 is 0 Å². The van der Waals surface area contributed by atoms with Crippen molar-refractivity contribution in [2.75, 3.05) is 19.6 Å². The molecule has 0 atom stereocenters. The Morgan fingerprint density at radius 3 is 2.94 bits per heavy atom. The van der Waals surface area contributed by atoms with Gasteiger partial charge in [0.2, 0.25) is 5.76 Å². The zero-order valence-corrected chi connectivity index (χ0v) is 10.2. The molecule has 5 nitrogen and oxygen atoms in total. The average Bonchev–Trinajstić information content (AvgIpc) is 2.78. The molecular formula is C12H19N3O2. The van der Waals surface area contributed by atoms with E-state index in [4.69, 9.17) is 10.2 Å². The van der Waals surface area contributed by atoms with E-state index in [0.717, 1.165) is 25.9 Å². The molecule has 2 heterocycles. The first-order valence-electron chi connectivity index (χ1n) is 6.14. The lowest BCUT2D eigenvalue weighted by molar-refractivity contribution is 0.0663. The number of rotatable bonds is 3. The van der Waals surface area contributed by atoms with Gasteiger partial charge in [-0.05, 0) is 18.8 Å². The summed E-state index contributed by atoms with van der Waals surface area (Å²) in [6.45, 7) is 4.32. The van der Waals surface area contributed by atoms with Gasteiger partial charge in [-0.3, -0.25) is 4.79 Å². The molecule has 1 amide bonds. The topological polar surface area (TPSA) is 72.4 Å². The van der Waals surface area contributed by atoms with Crippen molar-refractivity contribution in [1.29, 1.82) is 0 Å². The molecule has 1 fully saturated rings. The summed E-state index contributed by atoms with van der Waals surface area (Å²) in [7, 11) is 0. The number of aromatic nitrogens is 1. The number of oxazole rings is 1. The third-order valence-electron chi connectivity index (χ3n) is 3.19. The second-order valence-corrected chi connectivity index (χ2v) is 4.63. The molecule has 2 rings (SSSR count). The van der Waals surface area contributed by atoms with Crippen LogP contribution in [-0.2, 0) is 6.42 Å². The second kappa shape index (κ2) is 5.31. The van der Waals surface area contributed by atoms with Crippen LogP contribution in [0.15, 0.2) is 10.6 Å². The van der Waals surface area contributed by atoms with Gasteiger partial charge >= 0.3 is 0 Å². The van der Waals surface area contributed by atoms with Gasteiger partial charge in [0.1, 0.15) is 0 Å². The first-order chi connectivity index (χ1) is 8.20. The molecule has 1 saturated heterocycles. The van der Waals surface area contributed by atoms with E-state index in [9.17, 15) is 4.79 Å². The summed E-state index contributed by atoms with van der Waals surface area (Å²) < 4.78 is 5.38. The van der Waals surface area contributed by atoms with Crippen LogP contribution in [0.2, 0.25) is 0 Å². The summed E-state index contributed by atoms with van der Waals surface area (Å²) in [5.41, 5.74) is 5.41. The van der Waals surface area contributed by atoms with E-state index in [2.05, 4.69) is 11.9 Å². The highest BCUT2D eigenvalue weighted by atomic mass is 16.4. The Kier molecular flexibility index (Phi) is 3.78. The monoisotopic (exact) mass is 237 g/mol. The Morgan fingerprint density at radius 2 is 2.29 bits per heavy atom. The number of likely N-dealkylation sites (tertiary alicyclic amines) is 1. The Morgan fingerprint density at radius 1 is 1.59 bits per heavy atom. The fraction of sp³-hybridized carbons (Fsp3) is 0.667. The molecule has 1 aromatic rings.